The Hall–Kier alpha value is -1.88. The molecule has 0 atom stereocenters. The van der Waals surface area contributed by atoms with Gasteiger partial charge in [0.15, 0.2) is 0 Å². The fraction of sp³-hybridized carbons (Fsp3) is 0.619. The minimum atomic E-state index is -0.330. The number of rotatable bonds is 3. The van der Waals surface area contributed by atoms with Gasteiger partial charge < -0.3 is 15.0 Å². The lowest BCUT2D eigenvalue weighted by molar-refractivity contribution is -0.184. The number of anilines is 1. The number of ether oxygens (including phenoxy) is 1. The second-order valence-electron chi connectivity index (χ2n) is 8.63. The van der Waals surface area contributed by atoms with Gasteiger partial charge in [0, 0.05) is 23.7 Å². The van der Waals surface area contributed by atoms with Gasteiger partial charge in [-0.3, -0.25) is 9.59 Å². The number of amides is 2. The standard InChI is InChI=1S/C21H30N2O3/c1-15(2)18(24)22-17-9-7-16(8-10-17)19(25)23-13-20(3,4)26-21(14-23)11-5-6-12-21/h7-10,15H,5-6,11-14H2,1-4H3,(H,22,24). The number of nitrogens with one attached hydrogen (secondary N) is 1. The molecule has 1 aliphatic carbocycles. The van der Waals surface area contributed by atoms with Gasteiger partial charge in [0.2, 0.25) is 5.91 Å². The van der Waals surface area contributed by atoms with Crippen molar-refractivity contribution in [2.45, 2.75) is 64.6 Å². The molecule has 142 valence electrons. The lowest BCUT2D eigenvalue weighted by Crippen LogP contribution is -2.60. The van der Waals surface area contributed by atoms with E-state index in [0.29, 0.717) is 18.7 Å². The second-order valence-corrected chi connectivity index (χ2v) is 8.63. The van der Waals surface area contributed by atoms with Crippen molar-refractivity contribution < 1.29 is 14.3 Å². The fourth-order valence-corrected chi connectivity index (χ4v) is 4.10. The van der Waals surface area contributed by atoms with E-state index in [2.05, 4.69) is 19.2 Å². The van der Waals surface area contributed by atoms with E-state index in [1.54, 1.807) is 24.3 Å². The van der Waals surface area contributed by atoms with Crippen LogP contribution in [0.5, 0.6) is 0 Å². The van der Waals surface area contributed by atoms with Crippen LogP contribution in [0.3, 0.4) is 0 Å². The van der Waals surface area contributed by atoms with Crippen molar-refractivity contribution in [3.63, 3.8) is 0 Å². The molecule has 1 aromatic rings. The molecule has 0 aromatic heterocycles. The Morgan fingerprint density at radius 2 is 1.69 bits per heavy atom. The third-order valence-electron chi connectivity index (χ3n) is 5.27. The number of benzene rings is 1. The van der Waals surface area contributed by atoms with E-state index in [9.17, 15) is 9.59 Å². The summed E-state index contributed by atoms with van der Waals surface area (Å²) in [7, 11) is 0. The molecule has 1 spiro atoms. The van der Waals surface area contributed by atoms with Crippen LogP contribution in [-0.2, 0) is 9.53 Å². The molecule has 0 radical (unpaired) electrons. The SMILES string of the molecule is CC(C)C(=O)Nc1ccc(C(=O)N2CC(C)(C)OC3(CCCC3)C2)cc1. The largest absolute Gasteiger partial charge is 0.365 e. The van der Waals surface area contributed by atoms with Crippen molar-refractivity contribution >= 4 is 17.5 Å². The number of hydrogen-bond acceptors (Lipinski definition) is 3. The molecule has 5 nitrogen and oxygen atoms in total. The molecule has 0 bridgehead atoms. The van der Waals surface area contributed by atoms with Gasteiger partial charge in [0.05, 0.1) is 17.7 Å². The Labute approximate surface area is 156 Å². The molecule has 1 heterocycles. The molecule has 0 unspecified atom stereocenters. The number of carbonyl (C=O) groups excluding carboxylic acids is 2. The molecule has 3 rings (SSSR count). The molecular formula is C21H30N2O3. The summed E-state index contributed by atoms with van der Waals surface area (Å²) in [4.78, 5) is 26.8. The molecule has 1 aromatic carbocycles. The second kappa shape index (κ2) is 7.03. The Morgan fingerprint density at radius 3 is 2.27 bits per heavy atom. The van der Waals surface area contributed by atoms with Gasteiger partial charge in [0.25, 0.3) is 5.91 Å². The average Bonchev–Trinajstić information content (AvgIpc) is 3.00. The van der Waals surface area contributed by atoms with Crippen molar-refractivity contribution in [1.29, 1.82) is 0 Å². The predicted molar refractivity (Wildman–Crippen MR) is 102 cm³/mol. The molecule has 2 amide bonds. The summed E-state index contributed by atoms with van der Waals surface area (Å²) >= 11 is 0. The zero-order valence-electron chi connectivity index (χ0n) is 16.3. The van der Waals surface area contributed by atoms with Crippen LogP contribution in [0.4, 0.5) is 5.69 Å². The lowest BCUT2D eigenvalue weighted by atomic mass is 9.93. The van der Waals surface area contributed by atoms with Crippen LogP contribution in [0.15, 0.2) is 24.3 Å². The smallest absolute Gasteiger partial charge is 0.254 e. The molecule has 1 saturated heterocycles. The van der Waals surface area contributed by atoms with Gasteiger partial charge in [-0.05, 0) is 51.0 Å². The third-order valence-corrected chi connectivity index (χ3v) is 5.27. The maximum Gasteiger partial charge on any atom is 0.254 e. The topological polar surface area (TPSA) is 58.6 Å². The first-order valence-corrected chi connectivity index (χ1v) is 9.60. The van der Waals surface area contributed by atoms with Crippen LogP contribution < -0.4 is 5.32 Å². The van der Waals surface area contributed by atoms with Gasteiger partial charge in [-0.2, -0.15) is 0 Å². The van der Waals surface area contributed by atoms with Crippen LogP contribution in [-0.4, -0.2) is 41.0 Å². The number of morpholine rings is 1. The maximum absolute atomic E-state index is 13.1. The summed E-state index contributed by atoms with van der Waals surface area (Å²) in [6, 6.07) is 7.18. The molecule has 5 heteroatoms. The summed E-state index contributed by atoms with van der Waals surface area (Å²) in [6.45, 7) is 9.10. The first kappa shape index (κ1) is 18.9. The summed E-state index contributed by atoms with van der Waals surface area (Å²) in [5.41, 5.74) is 0.861. The predicted octanol–water partition coefficient (Wildman–Crippen LogP) is 3.84. The Balaban J connectivity index is 1.73. The van der Waals surface area contributed by atoms with Crippen molar-refractivity contribution in [1.82, 2.24) is 4.90 Å². The van der Waals surface area contributed by atoms with Crippen LogP contribution >= 0.6 is 0 Å². The van der Waals surface area contributed by atoms with Crippen molar-refractivity contribution in [2.24, 2.45) is 5.92 Å². The zero-order valence-corrected chi connectivity index (χ0v) is 16.3. The van der Waals surface area contributed by atoms with E-state index in [1.807, 2.05) is 18.7 Å². The van der Waals surface area contributed by atoms with Gasteiger partial charge in [-0.25, -0.2) is 0 Å². The Kier molecular flexibility index (Phi) is 5.11. The highest BCUT2D eigenvalue weighted by Crippen LogP contribution is 2.41. The maximum atomic E-state index is 13.1. The molecule has 1 N–H and O–H groups in total. The monoisotopic (exact) mass is 358 g/mol. The fourth-order valence-electron chi connectivity index (χ4n) is 4.10. The van der Waals surface area contributed by atoms with Gasteiger partial charge >= 0.3 is 0 Å². The molecule has 1 aliphatic heterocycles. The van der Waals surface area contributed by atoms with Crippen molar-refractivity contribution in [3.05, 3.63) is 29.8 Å². The highest BCUT2D eigenvalue weighted by molar-refractivity contribution is 5.96. The number of carbonyl (C=O) groups is 2. The molecule has 26 heavy (non-hydrogen) atoms. The minimum Gasteiger partial charge on any atom is -0.365 e. The number of hydrogen-bond donors (Lipinski definition) is 1. The minimum absolute atomic E-state index is 0.0258. The number of nitrogens with zero attached hydrogens (tertiary/aromatic N) is 1. The molecular weight excluding hydrogens is 328 g/mol. The summed E-state index contributed by atoms with van der Waals surface area (Å²) in [5.74, 6) is -0.0638. The highest BCUT2D eigenvalue weighted by atomic mass is 16.5. The van der Waals surface area contributed by atoms with Gasteiger partial charge in [-0.1, -0.05) is 26.7 Å². The highest BCUT2D eigenvalue weighted by Gasteiger charge is 2.47. The van der Waals surface area contributed by atoms with E-state index < -0.39 is 0 Å². The average molecular weight is 358 g/mol. The first-order valence-electron chi connectivity index (χ1n) is 9.60. The summed E-state index contributed by atoms with van der Waals surface area (Å²) in [5, 5.41) is 2.86. The first-order chi connectivity index (χ1) is 12.2. The zero-order chi connectivity index (χ0) is 18.9. The van der Waals surface area contributed by atoms with E-state index in [4.69, 9.17) is 4.74 Å². The van der Waals surface area contributed by atoms with E-state index in [0.717, 1.165) is 18.5 Å². The quantitative estimate of drug-likeness (QED) is 0.893. The lowest BCUT2D eigenvalue weighted by Gasteiger charge is -2.48. The van der Waals surface area contributed by atoms with Crippen LogP contribution in [0, 0.1) is 5.92 Å². The summed E-state index contributed by atoms with van der Waals surface area (Å²) < 4.78 is 6.38. The normalized spacial score (nSPS) is 21.2. The Bertz CT molecular complexity index is 673. The van der Waals surface area contributed by atoms with Crippen molar-refractivity contribution in [2.75, 3.05) is 18.4 Å². The van der Waals surface area contributed by atoms with E-state index >= 15 is 0 Å². The molecule has 2 aliphatic rings. The molecule has 2 fully saturated rings. The van der Waals surface area contributed by atoms with Gasteiger partial charge in [-0.15, -0.1) is 0 Å². The molecule has 1 saturated carbocycles. The van der Waals surface area contributed by atoms with E-state index in [1.165, 1.54) is 12.8 Å². The Morgan fingerprint density at radius 1 is 1.08 bits per heavy atom. The van der Waals surface area contributed by atoms with Crippen LogP contribution in [0.1, 0.15) is 63.7 Å². The van der Waals surface area contributed by atoms with E-state index in [-0.39, 0.29) is 28.9 Å². The van der Waals surface area contributed by atoms with Gasteiger partial charge in [0.1, 0.15) is 0 Å². The third kappa shape index (κ3) is 4.09. The van der Waals surface area contributed by atoms with Crippen LogP contribution in [0.2, 0.25) is 0 Å². The van der Waals surface area contributed by atoms with Crippen LogP contribution in [0.25, 0.3) is 0 Å². The van der Waals surface area contributed by atoms with Crippen molar-refractivity contribution in [3.8, 4) is 0 Å². The summed E-state index contributed by atoms with van der Waals surface area (Å²) in [6.07, 6.45) is 4.39.